The Labute approximate surface area is 194 Å². The van der Waals surface area contributed by atoms with Crippen molar-refractivity contribution in [3.8, 4) is 0 Å². The molecule has 2 aliphatic rings. The molecular weight excluding hydrogens is 470 g/mol. The highest BCUT2D eigenvalue weighted by Crippen LogP contribution is 2.39. The van der Waals surface area contributed by atoms with Gasteiger partial charge < -0.3 is 20.6 Å². The van der Waals surface area contributed by atoms with Gasteiger partial charge in [0.15, 0.2) is 6.23 Å². The Morgan fingerprint density at radius 3 is 2.73 bits per heavy atom. The van der Waals surface area contributed by atoms with Crippen molar-refractivity contribution < 1.29 is 32.3 Å². The Morgan fingerprint density at radius 2 is 2.09 bits per heavy atom. The molecule has 8 nitrogen and oxygen atoms in total. The standard InChI is InChI=1S/C20H27F4N5O3.ClH/c1-2-3-16-26-7-12-13(20(22,23)24)9-28(10-15(12)27-16)18(31)6-11(25)8-29-17(30)5-4-14(21)19(29)32;/h7,11,13-14,19,32H,2-6,8-10,25H2,1H3;1H. The molecule has 0 aliphatic carbocycles. The Morgan fingerprint density at radius 1 is 1.39 bits per heavy atom. The molecule has 0 aromatic carbocycles. The van der Waals surface area contributed by atoms with E-state index in [9.17, 15) is 32.3 Å². The Kier molecular flexibility index (Phi) is 9.00. The molecule has 4 atom stereocenters. The first kappa shape index (κ1) is 27.2. The molecule has 33 heavy (non-hydrogen) atoms. The molecule has 186 valence electrons. The van der Waals surface area contributed by atoms with E-state index in [0.717, 1.165) is 16.2 Å². The van der Waals surface area contributed by atoms with Crippen molar-refractivity contribution in [2.24, 2.45) is 5.73 Å². The second-order valence-electron chi connectivity index (χ2n) is 8.29. The van der Waals surface area contributed by atoms with E-state index >= 15 is 0 Å². The smallest absolute Gasteiger partial charge is 0.370 e. The zero-order valence-electron chi connectivity index (χ0n) is 18.1. The molecular formula is C20H28ClF4N5O3. The molecule has 13 heteroatoms. The second kappa shape index (κ2) is 10.9. The summed E-state index contributed by atoms with van der Waals surface area (Å²) in [5, 5.41) is 9.88. The quantitative estimate of drug-likeness (QED) is 0.580. The molecule has 2 amide bonds. The first-order valence-electron chi connectivity index (χ1n) is 10.6. The number of amides is 2. The van der Waals surface area contributed by atoms with Crippen molar-refractivity contribution in [2.75, 3.05) is 13.1 Å². The molecule has 4 unspecified atom stereocenters. The van der Waals surface area contributed by atoms with Gasteiger partial charge in [0.05, 0.1) is 12.2 Å². The average Bonchev–Trinajstić information content (AvgIpc) is 2.72. The third kappa shape index (κ3) is 6.30. The van der Waals surface area contributed by atoms with E-state index in [1.807, 2.05) is 6.92 Å². The maximum Gasteiger partial charge on any atom is 0.397 e. The Bertz CT molecular complexity index is 859. The number of likely N-dealkylation sites (tertiary alicyclic amines) is 1. The molecule has 3 rings (SSSR count). The molecule has 0 spiro atoms. The van der Waals surface area contributed by atoms with E-state index in [1.54, 1.807) is 0 Å². The summed E-state index contributed by atoms with van der Waals surface area (Å²) in [7, 11) is 0. The number of halogens is 5. The normalized spacial score (nSPS) is 24.2. The molecule has 0 bridgehead atoms. The molecule has 1 saturated heterocycles. The van der Waals surface area contributed by atoms with Crippen LogP contribution in [0.5, 0.6) is 0 Å². The Balaban J connectivity index is 0.00000385. The molecule has 1 fully saturated rings. The lowest BCUT2D eigenvalue weighted by Gasteiger charge is -2.37. The monoisotopic (exact) mass is 497 g/mol. The van der Waals surface area contributed by atoms with E-state index in [-0.39, 0.29) is 56.0 Å². The largest absolute Gasteiger partial charge is 0.397 e. The molecule has 0 radical (unpaired) electrons. The van der Waals surface area contributed by atoms with Gasteiger partial charge in [-0.1, -0.05) is 6.92 Å². The average molecular weight is 498 g/mol. The molecule has 1 aromatic heterocycles. The number of carbonyl (C=O) groups excluding carboxylic acids is 2. The number of aromatic nitrogens is 2. The number of carbonyl (C=O) groups is 2. The summed E-state index contributed by atoms with van der Waals surface area (Å²) in [6.07, 6.45) is -5.99. The third-order valence-electron chi connectivity index (χ3n) is 5.76. The number of aryl methyl sites for hydroxylation is 1. The van der Waals surface area contributed by atoms with E-state index in [1.165, 1.54) is 6.20 Å². The van der Waals surface area contributed by atoms with Gasteiger partial charge in [0.25, 0.3) is 0 Å². The van der Waals surface area contributed by atoms with Crippen LogP contribution in [-0.2, 0) is 22.6 Å². The number of nitrogens with two attached hydrogens (primary N) is 1. The van der Waals surface area contributed by atoms with Crippen molar-refractivity contribution in [3.63, 3.8) is 0 Å². The van der Waals surface area contributed by atoms with Crippen molar-refractivity contribution in [2.45, 2.75) is 76.1 Å². The van der Waals surface area contributed by atoms with Gasteiger partial charge in [-0.25, -0.2) is 14.4 Å². The Hall–Kier alpha value is -2.05. The summed E-state index contributed by atoms with van der Waals surface area (Å²) in [4.78, 5) is 34.9. The summed E-state index contributed by atoms with van der Waals surface area (Å²) in [6, 6.07) is -0.974. The number of hydrogen-bond donors (Lipinski definition) is 2. The van der Waals surface area contributed by atoms with Gasteiger partial charge in [-0.3, -0.25) is 9.59 Å². The van der Waals surface area contributed by atoms with Crippen LogP contribution in [0, 0.1) is 0 Å². The van der Waals surface area contributed by atoms with E-state index < -0.39 is 48.9 Å². The van der Waals surface area contributed by atoms with Crippen molar-refractivity contribution >= 4 is 24.2 Å². The van der Waals surface area contributed by atoms with Gasteiger partial charge in [-0.2, -0.15) is 13.2 Å². The van der Waals surface area contributed by atoms with Gasteiger partial charge in [-0.15, -0.1) is 12.4 Å². The van der Waals surface area contributed by atoms with Crippen LogP contribution in [0.25, 0.3) is 0 Å². The molecule has 2 aliphatic heterocycles. The van der Waals surface area contributed by atoms with Crippen LogP contribution < -0.4 is 5.73 Å². The highest BCUT2D eigenvalue weighted by Gasteiger charge is 2.46. The van der Waals surface area contributed by atoms with Gasteiger partial charge >= 0.3 is 6.18 Å². The first-order chi connectivity index (χ1) is 15.0. The predicted molar refractivity (Wildman–Crippen MR) is 112 cm³/mol. The summed E-state index contributed by atoms with van der Waals surface area (Å²) in [6.45, 7) is 0.927. The first-order valence-corrected chi connectivity index (χ1v) is 10.6. The fourth-order valence-corrected chi connectivity index (χ4v) is 4.04. The number of nitrogens with zero attached hydrogens (tertiary/aromatic N) is 4. The molecule has 3 heterocycles. The van der Waals surface area contributed by atoms with E-state index in [2.05, 4.69) is 9.97 Å². The van der Waals surface area contributed by atoms with Crippen LogP contribution in [0.2, 0.25) is 0 Å². The number of hydrogen-bond acceptors (Lipinski definition) is 6. The van der Waals surface area contributed by atoms with Crippen LogP contribution >= 0.6 is 12.4 Å². The maximum absolute atomic E-state index is 13.7. The highest BCUT2D eigenvalue weighted by atomic mass is 35.5. The summed E-state index contributed by atoms with van der Waals surface area (Å²) in [5.41, 5.74) is 6.05. The van der Waals surface area contributed by atoms with Crippen LogP contribution in [-0.4, -0.2) is 74.4 Å². The molecule has 0 saturated carbocycles. The third-order valence-corrected chi connectivity index (χ3v) is 5.76. The van der Waals surface area contributed by atoms with Crippen LogP contribution in [0.1, 0.15) is 55.6 Å². The zero-order valence-corrected chi connectivity index (χ0v) is 18.9. The lowest BCUT2D eigenvalue weighted by molar-refractivity contribution is -0.162. The second-order valence-corrected chi connectivity index (χ2v) is 8.29. The number of alkyl halides is 4. The minimum Gasteiger partial charge on any atom is -0.370 e. The zero-order chi connectivity index (χ0) is 23.6. The van der Waals surface area contributed by atoms with Crippen molar-refractivity contribution in [1.82, 2.24) is 19.8 Å². The lowest BCUT2D eigenvalue weighted by Crippen LogP contribution is -2.54. The van der Waals surface area contributed by atoms with Crippen LogP contribution in [0.15, 0.2) is 6.20 Å². The van der Waals surface area contributed by atoms with E-state index in [0.29, 0.717) is 12.2 Å². The SMILES string of the molecule is CCCc1ncc2c(n1)CN(C(=O)CC(N)CN1C(=O)CCC(F)C1O)CC2C(F)(F)F.Cl. The number of fused-ring (bicyclic) bond motifs is 1. The number of aliphatic hydroxyl groups excluding tert-OH is 1. The van der Waals surface area contributed by atoms with Crippen molar-refractivity contribution in [1.29, 1.82) is 0 Å². The van der Waals surface area contributed by atoms with Gasteiger partial charge in [0, 0.05) is 50.2 Å². The maximum atomic E-state index is 13.7. The van der Waals surface area contributed by atoms with E-state index in [4.69, 9.17) is 5.73 Å². The topological polar surface area (TPSA) is 113 Å². The number of aliphatic hydroxyl groups is 1. The van der Waals surface area contributed by atoms with Gasteiger partial charge in [0.2, 0.25) is 11.8 Å². The summed E-state index contributed by atoms with van der Waals surface area (Å²) in [5.74, 6) is -2.63. The van der Waals surface area contributed by atoms with Crippen molar-refractivity contribution in [3.05, 3.63) is 23.3 Å². The fourth-order valence-electron chi connectivity index (χ4n) is 4.04. The minimum absolute atomic E-state index is 0. The minimum atomic E-state index is -4.59. The van der Waals surface area contributed by atoms with Crippen LogP contribution in [0.3, 0.4) is 0 Å². The van der Waals surface area contributed by atoms with Gasteiger partial charge in [0.1, 0.15) is 17.9 Å². The molecule has 3 N–H and O–H groups in total. The number of piperidine rings is 1. The predicted octanol–water partition coefficient (Wildman–Crippen LogP) is 1.84. The lowest BCUT2D eigenvalue weighted by atomic mass is 9.93. The van der Waals surface area contributed by atoms with Crippen LogP contribution in [0.4, 0.5) is 17.6 Å². The molecule has 1 aromatic rings. The number of rotatable bonds is 6. The summed E-state index contributed by atoms with van der Waals surface area (Å²) >= 11 is 0. The van der Waals surface area contributed by atoms with Gasteiger partial charge in [-0.05, 0) is 12.8 Å². The highest BCUT2D eigenvalue weighted by molar-refractivity contribution is 5.85. The summed E-state index contributed by atoms with van der Waals surface area (Å²) < 4.78 is 54.7. The fraction of sp³-hybridized carbons (Fsp3) is 0.700.